The van der Waals surface area contributed by atoms with Gasteiger partial charge in [-0.25, -0.2) is 0 Å². The maximum absolute atomic E-state index is 2.30. The SMILES string of the molecule is C[C+](C)C1CCCC1[C](c1ccccc1)c1ccccc1. The molecule has 21 heavy (non-hydrogen) atoms. The zero-order valence-electron chi connectivity index (χ0n) is 13.0. The number of rotatable bonds is 4. The standard InChI is InChI=1S/C21H24/c1-16(2)19-14-9-15-20(19)21(17-10-5-3-6-11-17)18-12-7-4-8-13-18/h3-8,10-13,19-20H,9,14-15H2,1-2H3/q+1. The normalized spacial score (nSPS) is 21.7. The zero-order valence-corrected chi connectivity index (χ0v) is 13.0. The van der Waals surface area contributed by atoms with E-state index in [1.54, 1.807) is 11.8 Å². The largest absolute Gasteiger partial charge is 0.104 e. The van der Waals surface area contributed by atoms with Crippen molar-refractivity contribution in [2.24, 2.45) is 11.8 Å². The number of hydrogen-bond acceptors (Lipinski definition) is 0. The molecule has 1 fully saturated rings. The summed E-state index contributed by atoms with van der Waals surface area (Å²) in [6, 6.07) is 21.9. The second-order valence-corrected chi connectivity index (χ2v) is 6.37. The van der Waals surface area contributed by atoms with Crippen LogP contribution in [0.2, 0.25) is 0 Å². The summed E-state index contributed by atoms with van der Waals surface area (Å²) in [5.74, 6) is 4.53. The number of benzene rings is 2. The molecule has 1 radical (unpaired) electrons. The minimum atomic E-state index is 0.666. The van der Waals surface area contributed by atoms with Gasteiger partial charge in [0.25, 0.3) is 0 Å². The van der Waals surface area contributed by atoms with Crippen LogP contribution in [-0.4, -0.2) is 0 Å². The third-order valence-corrected chi connectivity index (χ3v) is 4.80. The molecule has 0 amide bonds. The third kappa shape index (κ3) is 3.00. The molecule has 0 heterocycles. The lowest BCUT2D eigenvalue weighted by Gasteiger charge is -2.27. The molecule has 0 spiro atoms. The van der Waals surface area contributed by atoms with Gasteiger partial charge in [0.2, 0.25) is 0 Å². The summed E-state index contributed by atoms with van der Waals surface area (Å²) < 4.78 is 0. The van der Waals surface area contributed by atoms with Crippen LogP contribution >= 0.6 is 0 Å². The summed E-state index contributed by atoms with van der Waals surface area (Å²) in [5, 5.41) is 0. The first-order valence-corrected chi connectivity index (χ1v) is 8.05. The highest BCUT2D eigenvalue weighted by atomic mass is 14.4. The van der Waals surface area contributed by atoms with E-state index >= 15 is 0 Å². The Morgan fingerprint density at radius 3 is 1.81 bits per heavy atom. The van der Waals surface area contributed by atoms with Crippen LogP contribution in [0, 0.1) is 23.7 Å². The maximum atomic E-state index is 2.30. The van der Waals surface area contributed by atoms with Gasteiger partial charge in [0, 0.05) is 11.8 Å². The predicted molar refractivity (Wildman–Crippen MR) is 89.8 cm³/mol. The van der Waals surface area contributed by atoms with Gasteiger partial charge in [-0.1, -0.05) is 60.7 Å². The fourth-order valence-corrected chi connectivity index (χ4v) is 3.83. The van der Waals surface area contributed by atoms with Crippen LogP contribution in [-0.2, 0) is 0 Å². The zero-order chi connectivity index (χ0) is 14.7. The Morgan fingerprint density at radius 1 is 0.810 bits per heavy atom. The van der Waals surface area contributed by atoms with Gasteiger partial charge in [-0.2, -0.15) is 0 Å². The van der Waals surface area contributed by atoms with Crippen LogP contribution in [0.4, 0.5) is 0 Å². The molecule has 1 aliphatic rings. The summed E-state index contributed by atoms with van der Waals surface area (Å²) in [7, 11) is 0. The van der Waals surface area contributed by atoms with Crippen molar-refractivity contribution in [3.63, 3.8) is 0 Å². The fourth-order valence-electron chi connectivity index (χ4n) is 3.83. The first-order chi connectivity index (χ1) is 10.3. The second kappa shape index (κ2) is 6.39. The molecule has 0 saturated heterocycles. The highest BCUT2D eigenvalue weighted by Gasteiger charge is 2.42. The molecule has 0 heteroatoms. The van der Waals surface area contributed by atoms with E-state index in [1.165, 1.54) is 30.4 Å². The Hall–Kier alpha value is -1.69. The van der Waals surface area contributed by atoms with E-state index in [0.717, 1.165) is 5.92 Å². The van der Waals surface area contributed by atoms with Gasteiger partial charge in [-0.3, -0.25) is 0 Å². The van der Waals surface area contributed by atoms with Crippen molar-refractivity contribution in [2.45, 2.75) is 33.1 Å². The van der Waals surface area contributed by atoms with Crippen LogP contribution in [0.5, 0.6) is 0 Å². The predicted octanol–water partition coefficient (Wildman–Crippen LogP) is 5.69. The van der Waals surface area contributed by atoms with E-state index in [1.807, 2.05) is 0 Å². The Morgan fingerprint density at radius 2 is 1.33 bits per heavy atom. The highest BCUT2D eigenvalue weighted by Crippen LogP contribution is 2.47. The summed E-state index contributed by atoms with van der Waals surface area (Å²) in [5.41, 5.74) is 2.78. The van der Waals surface area contributed by atoms with Crippen molar-refractivity contribution in [3.05, 3.63) is 83.6 Å². The van der Waals surface area contributed by atoms with Crippen LogP contribution in [0.1, 0.15) is 44.2 Å². The fraction of sp³-hybridized carbons (Fsp3) is 0.333. The Balaban J connectivity index is 2.01. The van der Waals surface area contributed by atoms with Gasteiger partial charge in [0.05, 0.1) is 19.8 Å². The molecule has 2 aromatic carbocycles. The second-order valence-electron chi connectivity index (χ2n) is 6.37. The monoisotopic (exact) mass is 276 g/mol. The summed E-state index contributed by atoms with van der Waals surface area (Å²) in [4.78, 5) is 0. The van der Waals surface area contributed by atoms with Gasteiger partial charge >= 0.3 is 0 Å². The first kappa shape index (κ1) is 14.3. The summed E-state index contributed by atoms with van der Waals surface area (Å²) in [6.45, 7) is 4.60. The molecule has 1 aliphatic carbocycles. The summed E-state index contributed by atoms with van der Waals surface area (Å²) in [6.07, 6.45) is 4.01. The molecule has 0 nitrogen and oxygen atoms in total. The summed E-state index contributed by atoms with van der Waals surface area (Å²) >= 11 is 0. The van der Waals surface area contributed by atoms with Crippen molar-refractivity contribution in [1.82, 2.24) is 0 Å². The lowest BCUT2D eigenvalue weighted by molar-refractivity contribution is 0.434. The molecule has 0 N–H and O–H groups in total. The topological polar surface area (TPSA) is 0 Å². The van der Waals surface area contributed by atoms with Crippen molar-refractivity contribution >= 4 is 0 Å². The molecule has 0 aliphatic heterocycles. The first-order valence-electron chi connectivity index (χ1n) is 8.05. The molecule has 2 aromatic rings. The average Bonchev–Trinajstić information content (AvgIpc) is 2.99. The Kier molecular flexibility index (Phi) is 4.34. The van der Waals surface area contributed by atoms with E-state index in [-0.39, 0.29) is 0 Å². The van der Waals surface area contributed by atoms with E-state index in [4.69, 9.17) is 0 Å². The molecule has 2 atom stereocenters. The maximum Gasteiger partial charge on any atom is 0.104 e. The Labute approximate surface area is 129 Å². The average molecular weight is 276 g/mol. The minimum absolute atomic E-state index is 0.666. The molecule has 2 unspecified atom stereocenters. The minimum Gasteiger partial charge on any atom is -0.0622 e. The molecule has 0 aromatic heterocycles. The molecule has 0 bridgehead atoms. The van der Waals surface area contributed by atoms with E-state index in [9.17, 15) is 0 Å². The van der Waals surface area contributed by atoms with Gasteiger partial charge in [-0.05, 0) is 30.4 Å². The van der Waals surface area contributed by atoms with Crippen molar-refractivity contribution < 1.29 is 0 Å². The lowest BCUT2D eigenvalue weighted by Crippen LogP contribution is -2.22. The van der Waals surface area contributed by atoms with E-state index in [0.29, 0.717) is 5.92 Å². The molecular weight excluding hydrogens is 252 g/mol. The number of hydrogen-bond donors (Lipinski definition) is 0. The lowest BCUT2D eigenvalue weighted by atomic mass is 9.72. The molecule has 3 rings (SSSR count). The van der Waals surface area contributed by atoms with E-state index < -0.39 is 0 Å². The van der Waals surface area contributed by atoms with Crippen molar-refractivity contribution in [2.75, 3.05) is 0 Å². The Bertz CT molecular complexity index is 501. The van der Waals surface area contributed by atoms with Gasteiger partial charge < -0.3 is 0 Å². The van der Waals surface area contributed by atoms with Gasteiger partial charge in [0.15, 0.2) is 0 Å². The van der Waals surface area contributed by atoms with Gasteiger partial charge in [0.1, 0.15) is 5.92 Å². The van der Waals surface area contributed by atoms with E-state index in [2.05, 4.69) is 74.5 Å². The van der Waals surface area contributed by atoms with Crippen LogP contribution < -0.4 is 0 Å². The third-order valence-electron chi connectivity index (χ3n) is 4.80. The van der Waals surface area contributed by atoms with Gasteiger partial charge in [-0.15, -0.1) is 0 Å². The van der Waals surface area contributed by atoms with Crippen LogP contribution in [0.3, 0.4) is 0 Å². The van der Waals surface area contributed by atoms with Crippen molar-refractivity contribution in [3.8, 4) is 0 Å². The smallest absolute Gasteiger partial charge is 0.0622 e. The molecule has 1 saturated carbocycles. The molecule has 107 valence electrons. The van der Waals surface area contributed by atoms with Crippen LogP contribution in [0.25, 0.3) is 0 Å². The van der Waals surface area contributed by atoms with Crippen LogP contribution in [0.15, 0.2) is 60.7 Å². The molecular formula is C21H24+. The highest BCUT2D eigenvalue weighted by molar-refractivity contribution is 5.47. The quantitative estimate of drug-likeness (QED) is 0.629. The van der Waals surface area contributed by atoms with Crippen molar-refractivity contribution in [1.29, 1.82) is 0 Å².